The van der Waals surface area contributed by atoms with Crippen LogP contribution in [0.15, 0.2) is 41.0 Å². The molecule has 0 saturated carbocycles. The molecule has 0 saturated heterocycles. The van der Waals surface area contributed by atoms with Crippen LogP contribution in [0.25, 0.3) is 0 Å². The Morgan fingerprint density at radius 1 is 1.35 bits per heavy atom. The van der Waals surface area contributed by atoms with E-state index >= 15 is 0 Å². The van der Waals surface area contributed by atoms with E-state index in [0.717, 1.165) is 5.69 Å². The van der Waals surface area contributed by atoms with Crippen molar-refractivity contribution < 1.29 is 9.21 Å². The van der Waals surface area contributed by atoms with Gasteiger partial charge in [-0.2, -0.15) is 0 Å². The number of rotatable bonds is 4. The quantitative estimate of drug-likeness (QED) is 0.906. The third-order valence-electron chi connectivity index (χ3n) is 2.93. The van der Waals surface area contributed by atoms with Gasteiger partial charge in [0, 0.05) is 5.69 Å². The lowest BCUT2D eigenvalue weighted by molar-refractivity contribution is 0.102. The molecule has 1 heterocycles. The average molecular weight is 295 g/mol. The summed E-state index contributed by atoms with van der Waals surface area (Å²) in [6.07, 6.45) is 1.42. The van der Waals surface area contributed by atoms with Crippen molar-refractivity contribution in [1.29, 1.82) is 0 Å². The summed E-state index contributed by atoms with van der Waals surface area (Å²) in [7, 11) is 0. The Morgan fingerprint density at radius 2 is 2.10 bits per heavy atom. The van der Waals surface area contributed by atoms with E-state index in [2.05, 4.69) is 19.2 Å². The van der Waals surface area contributed by atoms with Crippen LogP contribution in [0.1, 0.15) is 41.4 Å². The molecule has 20 heavy (non-hydrogen) atoms. The molecule has 0 aliphatic carbocycles. The van der Waals surface area contributed by atoms with Gasteiger partial charge in [-0.05, 0) is 29.7 Å². The van der Waals surface area contributed by atoms with E-state index in [1.807, 2.05) is 24.3 Å². The van der Waals surface area contributed by atoms with E-state index in [9.17, 15) is 4.79 Å². The second kappa shape index (κ2) is 7.12. The predicted octanol–water partition coefficient (Wildman–Crippen LogP) is 3.54. The minimum absolute atomic E-state index is 0. The summed E-state index contributed by atoms with van der Waals surface area (Å²) in [5.41, 5.74) is 7.90. The summed E-state index contributed by atoms with van der Waals surface area (Å²) in [5, 5.41) is 2.85. The molecule has 1 amide bonds. The number of nitrogens with two attached hydrogens (primary N) is 1. The number of carbonyl (C=O) groups is 1. The van der Waals surface area contributed by atoms with Gasteiger partial charge >= 0.3 is 0 Å². The van der Waals surface area contributed by atoms with Gasteiger partial charge in [0.25, 0.3) is 5.91 Å². The van der Waals surface area contributed by atoms with Crippen molar-refractivity contribution >= 4 is 24.0 Å². The van der Waals surface area contributed by atoms with Crippen molar-refractivity contribution in [1.82, 2.24) is 0 Å². The van der Waals surface area contributed by atoms with Gasteiger partial charge in [-0.1, -0.05) is 26.0 Å². The summed E-state index contributed by atoms with van der Waals surface area (Å²) in [5.74, 6) is 0.833. The van der Waals surface area contributed by atoms with Gasteiger partial charge in [-0.25, -0.2) is 0 Å². The van der Waals surface area contributed by atoms with Crippen LogP contribution in [0.4, 0.5) is 5.69 Å². The standard InChI is InChI=1S/C15H18N2O2.ClH/c1-10(2)11-4-3-5-13(6-11)17-15(18)12-7-14(8-16)19-9-12;/h3-7,9-10H,8,16H2,1-2H3,(H,17,18);1H. The Balaban J connectivity index is 0.00000200. The molecule has 1 aromatic carbocycles. The number of anilines is 1. The highest BCUT2D eigenvalue weighted by Gasteiger charge is 2.10. The van der Waals surface area contributed by atoms with E-state index in [1.54, 1.807) is 6.07 Å². The largest absolute Gasteiger partial charge is 0.467 e. The molecule has 1 aromatic heterocycles. The SMILES string of the molecule is CC(C)c1cccc(NC(=O)c2coc(CN)c2)c1.Cl. The predicted molar refractivity (Wildman–Crippen MR) is 82.3 cm³/mol. The third kappa shape index (κ3) is 3.85. The van der Waals surface area contributed by atoms with Gasteiger partial charge < -0.3 is 15.5 Å². The fourth-order valence-electron chi connectivity index (χ4n) is 1.79. The lowest BCUT2D eigenvalue weighted by Gasteiger charge is -2.08. The molecular weight excluding hydrogens is 276 g/mol. The molecule has 5 heteroatoms. The fraction of sp³-hybridized carbons (Fsp3) is 0.267. The van der Waals surface area contributed by atoms with E-state index < -0.39 is 0 Å². The number of carbonyl (C=O) groups excluding carboxylic acids is 1. The molecule has 0 fully saturated rings. The molecule has 0 spiro atoms. The number of hydrogen-bond donors (Lipinski definition) is 2. The Bertz CT molecular complexity index is 579. The second-order valence-corrected chi connectivity index (χ2v) is 4.74. The number of benzene rings is 1. The van der Waals surface area contributed by atoms with Crippen LogP contribution < -0.4 is 11.1 Å². The topological polar surface area (TPSA) is 68.3 Å². The number of nitrogens with one attached hydrogen (secondary N) is 1. The van der Waals surface area contributed by atoms with Crippen LogP contribution in [0, 0.1) is 0 Å². The Morgan fingerprint density at radius 3 is 2.70 bits per heavy atom. The molecular formula is C15H19ClN2O2. The first-order valence-electron chi connectivity index (χ1n) is 6.29. The summed E-state index contributed by atoms with van der Waals surface area (Å²) in [6.45, 7) is 4.52. The summed E-state index contributed by atoms with van der Waals surface area (Å²) >= 11 is 0. The molecule has 2 aromatic rings. The zero-order valence-electron chi connectivity index (χ0n) is 11.6. The molecule has 0 aliphatic rings. The highest BCUT2D eigenvalue weighted by Crippen LogP contribution is 2.19. The van der Waals surface area contributed by atoms with Crippen LogP contribution in [0.3, 0.4) is 0 Å². The number of furan rings is 1. The number of amides is 1. The smallest absolute Gasteiger partial charge is 0.258 e. The monoisotopic (exact) mass is 294 g/mol. The molecule has 108 valence electrons. The van der Waals surface area contributed by atoms with Gasteiger partial charge in [0.1, 0.15) is 12.0 Å². The van der Waals surface area contributed by atoms with Gasteiger partial charge in [0.2, 0.25) is 0 Å². The van der Waals surface area contributed by atoms with Crippen molar-refractivity contribution in [3.8, 4) is 0 Å². The minimum Gasteiger partial charge on any atom is -0.467 e. The first kappa shape index (κ1) is 16.3. The van der Waals surface area contributed by atoms with Crippen LogP contribution in [-0.2, 0) is 6.54 Å². The highest BCUT2D eigenvalue weighted by atomic mass is 35.5. The van der Waals surface area contributed by atoms with Crippen molar-refractivity contribution in [2.24, 2.45) is 5.73 Å². The summed E-state index contributed by atoms with van der Waals surface area (Å²) < 4.78 is 5.15. The lowest BCUT2D eigenvalue weighted by atomic mass is 10.0. The van der Waals surface area contributed by atoms with Gasteiger partial charge in [-0.15, -0.1) is 12.4 Å². The van der Waals surface area contributed by atoms with Crippen LogP contribution in [0.2, 0.25) is 0 Å². The van der Waals surface area contributed by atoms with Crippen LogP contribution in [-0.4, -0.2) is 5.91 Å². The molecule has 0 unspecified atom stereocenters. The normalized spacial score (nSPS) is 10.2. The fourth-order valence-corrected chi connectivity index (χ4v) is 1.79. The molecule has 0 radical (unpaired) electrons. The second-order valence-electron chi connectivity index (χ2n) is 4.74. The van der Waals surface area contributed by atoms with Crippen molar-refractivity contribution in [2.45, 2.75) is 26.3 Å². The molecule has 3 N–H and O–H groups in total. The molecule has 0 atom stereocenters. The van der Waals surface area contributed by atoms with Crippen LogP contribution >= 0.6 is 12.4 Å². The first-order valence-corrected chi connectivity index (χ1v) is 6.29. The maximum Gasteiger partial charge on any atom is 0.258 e. The number of halogens is 1. The van der Waals surface area contributed by atoms with E-state index in [4.69, 9.17) is 10.2 Å². The summed E-state index contributed by atoms with van der Waals surface area (Å²) in [4.78, 5) is 12.0. The zero-order valence-corrected chi connectivity index (χ0v) is 12.4. The van der Waals surface area contributed by atoms with Crippen molar-refractivity contribution in [3.63, 3.8) is 0 Å². The summed E-state index contributed by atoms with van der Waals surface area (Å²) in [6, 6.07) is 9.48. The minimum atomic E-state index is -0.190. The Labute approximate surface area is 124 Å². The molecule has 4 nitrogen and oxygen atoms in total. The van der Waals surface area contributed by atoms with Crippen molar-refractivity contribution in [2.75, 3.05) is 5.32 Å². The van der Waals surface area contributed by atoms with Gasteiger partial charge in [-0.3, -0.25) is 4.79 Å². The lowest BCUT2D eigenvalue weighted by Crippen LogP contribution is -2.11. The number of hydrogen-bond acceptors (Lipinski definition) is 3. The molecule has 0 bridgehead atoms. The van der Waals surface area contributed by atoms with Gasteiger partial charge in [0.15, 0.2) is 0 Å². The maximum atomic E-state index is 12.0. The zero-order chi connectivity index (χ0) is 13.8. The van der Waals surface area contributed by atoms with Crippen molar-refractivity contribution in [3.05, 3.63) is 53.5 Å². The molecule has 2 rings (SSSR count). The first-order chi connectivity index (χ1) is 9.10. The Hall–Kier alpha value is -1.78. The van der Waals surface area contributed by atoms with E-state index in [0.29, 0.717) is 17.2 Å². The average Bonchev–Trinajstić information content (AvgIpc) is 2.88. The highest BCUT2D eigenvalue weighted by molar-refractivity contribution is 6.04. The van der Waals surface area contributed by atoms with E-state index in [1.165, 1.54) is 11.8 Å². The maximum absolute atomic E-state index is 12.0. The van der Waals surface area contributed by atoms with E-state index in [-0.39, 0.29) is 24.9 Å². The third-order valence-corrected chi connectivity index (χ3v) is 2.93. The Kier molecular flexibility index (Phi) is 5.80. The van der Waals surface area contributed by atoms with Gasteiger partial charge in [0.05, 0.1) is 12.1 Å². The van der Waals surface area contributed by atoms with Crippen LogP contribution in [0.5, 0.6) is 0 Å². The molecule has 0 aliphatic heterocycles.